The van der Waals surface area contributed by atoms with Crippen molar-refractivity contribution in [3.05, 3.63) is 29.7 Å². The predicted molar refractivity (Wildman–Crippen MR) is 71.4 cm³/mol. The minimum absolute atomic E-state index is 0.399. The van der Waals surface area contributed by atoms with Crippen molar-refractivity contribution >= 4 is 17.1 Å². The molecular weight excluding hydrogens is 228 g/mol. The maximum Gasteiger partial charge on any atom is 0.185 e. The number of ether oxygens (including phenoxy) is 1. The van der Waals surface area contributed by atoms with Gasteiger partial charge < -0.3 is 9.15 Å². The summed E-state index contributed by atoms with van der Waals surface area (Å²) >= 11 is 0. The second-order valence-corrected chi connectivity index (χ2v) is 4.38. The van der Waals surface area contributed by atoms with Crippen LogP contribution >= 0.6 is 0 Å². The van der Waals surface area contributed by atoms with Gasteiger partial charge in [-0.15, -0.1) is 0 Å². The molecule has 1 aromatic heterocycles. The lowest BCUT2D eigenvalue weighted by molar-refractivity contribution is 0.110. The van der Waals surface area contributed by atoms with Crippen LogP contribution in [0.5, 0.6) is 5.75 Å². The Kier molecular flexibility index (Phi) is 4.03. The molecule has 0 spiro atoms. The molecule has 0 bridgehead atoms. The quantitative estimate of drug-likeness (QED) is 0.571. The van der Waals surface area contributed by atoms with Crippen LogP contribution in [0.1, 0.15) is 42.5 Å². The zero-order valence-electron chi connectivity index (χ0n) is 10.9. The predicted octanol–water partition coefficient (Wildman–Crippen LogP) is 3.99. The Bertz CT molecular complexity index is 540. The van der Waals surface area contributed by atoms with E-state index in [1.165, 1.54) is 12.8 Å². The molecule has 0 radical (unpaired) electrons. The van der Waals surface area contributed by atoms with Crippen molar-refractivity contribution in [3.63, 3.8) is 0 Å². The summed E-state index contributed by atoms with van der Waals surface area (Å²) < 4.78 is 10.8. The molecule has 0 atom stereocenters. The van der Waals surface area contributed by atoms with Crippen LogP contribution in [0, 0.1) is 0 Å². The van der Waals surface area contributed by atoms with E-state index in [-0.39, 0.29) is 0 Å². The molecular formula is C15H18O3. The van der Waals surface area contributed by atoms with Gasteiger partial charge in [0.2, 0.25) is 0 Å². The van der Waals surface area contributed by atoms with E-state index in [2.05, 4.69) is 6.92 Å². The fourth-order valence-electron chi connectivity index (χ4n) is 2.15. The maximum atomic E-state index is 11.0. The second-order valence-electron chi connectivity index (χ2n) is 4.38. The lowest BCUT2D eigenvalue weighted by Gasteiger charge is -1.99. The van der Waals surface area contributed by atoms with Crippen molar-refractivity contribution in [1.82, 2.24) is 0 Å². The molecule has 0 saturated carbocycles. The smallest absolute Gasteiger partial charge is 0.185 e. The lowest BCUT2D eigenvalue weighted by Crippen LogP contribution is -1.84. The molecule has 3 nitrogen and oxygen atoms in total. The van der Waals surface area contributed by atoms with Gasteiger partial charge in [0.05, 0.1) is 7.11 Å². The number of unbranched alkanes of at least 4 members (excludes halogenated alkanes) is 2. The van der Waals surface area contributed by atoms with Crippen molar-refractivity contribution in [1.29, 1.82) is 0 Å². The van der Waals surface area contributed by atoms with Crippen molar-refractivity contribution in [2.45, 2.75) is 32.6 Å². The fraction of sp³-hybridized carbons (Fsp3) is 0.400. The molecule has 0 aliphatic rings. The molecule has 0 saturated heterocycles. The highest BCUT2D eigenvalue weighted by Crippen LogP contribution is 2.29. The number of aryl methyl sites for hydroxylation is 1. The first-order chi connectivity index (χ1) is 8.80. The maximum absolute atomic E-state index is 11.0. The molecule has 0 fully saturated rings. The Morgan fingerprint density at radius 2 is 2.11 bits per heavy atom. The van der Waals surface area contributed by atoms with Gasteiger partial charge in [0, 0.05) is 17.2 Å². The first-order valence-electron chi connectivity index (χ1n) is 6.34. The Morgan fingerprint density at radius 1 is 1.28 bits per heavy atom. The van der Waals surface area contributed by atoms with Crippen LogP contribution in [0.4, 0.5) is 0 Å². The zero-order valence-corrected chi connectivity index (χ0v) is 10.9. The van der Waals surface area contributed by atoms with Gasteiger partial charge in [0.25, 0.3) is 0 Å². The van der Waals surface area contributed by atoms with Gasteiger partial charge in [-0.2, -0.15) is 0 Å². The summed E-state index contributed by atoms with van der Waals surface area (Å²) in [5.41, 5.74) is 0. The average molecular weight is 246 g/mol. The molecule has 3 heteroatoms. The molecule has 0 aliphatic heterocycles. The molecule has 2 rings (SSSR count). The number of methoxy groups -OCH3 is 1. The van der Waals surface area contributed by atoms with Crippen LogP contribution in [0.2, 0.25) is 0 Å². The second kappa shape index (κ2) is 5.71. The van der Waals surface area contributed by atoms with Gasteiger partial charge >= 0.3 is 0 Å². The van der Waals surface area contributed by atoms with Crippen LogP contribution in [0.25, 0.3) is 10.8 Å². The van der Waals surface area contributed by atoms with E-state index < -0.39 is 0 Å². The van der Waals surface area contributed by atoms with E-state index >= 15 is 0 Å². The molecule has 1 heterocycles. The average Bonchev–Trinajstić information content (AvgIpc) is 2.76. The van der Waals surface area contributed by atoms with Gasteiger partial charge in [-0.3, -0.25) is 4.79 Å². The number of benzene rings is 1. The number of rotatable bonds is 6. The van der Waals surface area contributed by atoms with Crippen LogP contribution < -0.4 is 4.74 Å². The Hall–Kier alpha value is -1.77. The summed E-state index contributed by atoms with van der Waals surface area (Å²) in [6.07, 6.45) is 5.08. The SMILES string of the molecule is CCCCCc1oc(C=O)c2cc(OC)ccc12. The zero-order chi connectivity index (χ0) is 13.0. The number of fused-ring (bicyclic) bond motifs is 1. The molecule has 0 aliphatic carbocycles. The van der Waals surface area contributed by atoms with Crippen LogP contribution in [0.3, 0.4) is 0 Å². The van der Waals surface area contributed by atoms with Crippen LogP contribution in [0.15, 0.2) is 22.6 Å². The number of carbonyl (C=O) groups is 1. The summed E-state index contributed by atoms with van der Waals surface area (Å²) in [5.74, 6) is 2.05. The van der Waals surface area contributed by atoms with Gasteiger partial charge in [-0.05, 0) is 24.6 Å². The Labute approximate surface area is 107 Å². The first-order valence-corrected chi connectivity index (χ1v) is 6.34. The summed E-state index contributed by atoms with van der Waals surface area (Å²) in [6, 6.07) is 5.72. The largest absolute Gasteiger partial charge is 0.497 e. The topological polar surface area (TPSA) is 39.4 Å². The highest BCUT2D eigenvalue weighted by atomic mass is 16.5. The van der Waals surface area contributed by atoms with Crippen molar-refractivity contribution in [2.24, 2.45) is 0 Å². The van der Waals surface area contributed by atoms with Crippen LogP contribution in [-0.4, -0.2) is 13.4 Å². The summed E-state index contributed by atoms with van der Waals surface area (Å²) in [4.78, 5) is 11.0. The number of aldehydes is 1. The van der Waals surface area contributed by atoms with E-state index in [1.807, 2.05) is 18.2 Å². The minimum Gasteiger partial charge on any atom is -0.497 e. The summed E-state index contributed by atoms with van der Waals surface area (Å²) in [5, 5.41) is 1.87. The molecule has 96 valence electrons. The van der Waals surface area contributed by atoms with E-state index in [9.17, 15) is 4.79 Å². The number of carbonyl (C=O) groups excluding carboxylic acids is 1. The van der Waals surface area contributed by atoms with E-state index in [1.54, 1.807) is 7.11 Å². The van der Waals surface area contributed by atoms with Crippen LogP contribution in [-0.2, 0) is 6.42 Å². The molecule has 0 N–H and O–H groups in total. The standard InChI is InChI=1S/C15H18O3/c1-3-4-5-6-14-12-8-7-11(17-2)9-13(12)15(10-16)18-14/h7-10H,3-6H2,1-2H3. The Balaban J connectivity index is 2.39. The number of furan rings is 1. The third-order valence-corrected chi connectivity index (χ3v) is 3.14. The van der Waals surface area contributed by atoms with Crippen molar-refractivity contribution in [2.75, 3.05) is 7.11 Å². The monoisotopic (exact) mass is 246 g/mol. The third kappa shape index (κ3) is 2.40. The van der Waals surface area contributed by atoms with Gasteiger partial charge in [-0.1, -0.05) is 19.8 Å². The summed E-state index contributed by atoms with van der Waals surface area (Å²) in [7, 11) is 1.62. The Morgan fingerprint density at radius 3 is 2.78 bits per heavy atom. The lowest BCUT2D eigenvalue weighted by atomic mass is 10.1. The number of hydrogen-bond donors (Lipinski definition) is 0. The highest BCUT2D eigenvalue weighted by Gasteiger charge is 2.13. The normalized spacial score (nSPS) is 10.8. The van der Waals surface area contributed by atoms with Gasteiger partial charge in [-0.25, -0.2) is 0 Å². The third-order valence-electron chi connectivity index (χ3n) is 3.14. The molecule has 18 heavy (non-hydrogen) atoms. The van der Waals surface area contributed by atoms with Gasteiger partial charge in [0.15, 0.2) is 12.0 Å². The molecule has 2 aromatic rings. The molecule has 0 unspecified atom stereocenters. The first kappa shape index (κ1) is 12.7. The van der Waals surface area contributed by atoms with Crippen molar-refractivity contribution in [3.8, 4) is 5.75 Å². The minimum atomic E-state index is 0.399. The van der Waals surface area contributed by atoms with E-state index in [0.717, 1.165) is 41.4 Å². The van der Waals surface area contributed by atoms with E-state index in [4.69, 9.17) is 9.15 Å². The van der Waals surface area contributed by atoms with E-state index in [0.29, 0.717) is 5.76 Å². The fourth-order valence-corrected chi connectivity index (χ4v) is 2.15. The highest BCUT2D eigenvalue weighted by molar-refractivity contribution is 5.98. The molecule has 1 aromatic carbocycles. The summed E-state index contributed by atoms with van der Waals surface area (Å²) in [6.45, 7) is 2.17. The number of hydrogen-bond acceptors (Lipinski definition) is 3. The van der Waals surface area contributed by atoms with Gasteiger partial charge in [0.1, 0.15) is 11.5 Å². The molecule has 0 amide bonds. The van der Waals surface area contributed by atoms with Crippen molar-refractivity contribution < 1.29 is 13.9 Å².